The van der Waals surface area contributed by atoms with Gasteiger partial charge in [0.15, 0.2) is 0 Å². The average Bonchev–Trinajstić information content (AvgIpc) is 2.47. The molecule has 0 unspecified atom stereocenters. The van der Waals surface area contributed by atoms with E-state index in [1.54, 1.807) is 18.2 Å². The monoisotopic (exact) mass is 299 g/mol. The van der Waals surface area contributed by atoms with Crippen molar-refractivity contribution in [3.63, 3.8) is 0 Å². The van der Waals surface area contributed by atoms with Gasteiger partial charge in [0.25, 0.3) is 0 Å². The van der Waals surface area contributed by atoms with Gasteiger partial charge in [-0.25, -0.2) is 8.42 Å². The Hall–Kier alpha value is -1.60. The molecule has 110 valence electrons. The first kappa shape index (κ1) is 14.8. The van der Waals surface area contributed by atoms with Crippen LogP contribution in [0.15, 0.2) is 29.2 Å². The predicted molar refractivity (Wildman–Crippen MR) is 72.2 cm³/mol. The molecule has 1 aliphatic rings. The van der Waals surface area contributed by atoms with Crippen molar-refractivity contribution in [1.82, 2.24) is 4.31 Å². The number of hydrogen-bond acceptors (Lipinski definition) is 4. The van der Waals surface area contributed by atoms with E-state index in [2.05, 4.69) is 0 Å². The molecular weight excluding hydrogens is 282 g/mol. The van der Waals surface area contributed by atoms with Crippen LogP contribution in [0.2, 0.25) is 0 Å². The summed E-state index contributed by atoms with van der Waals surface area (Å²) in [5.41, 5.74) is 0. The fourth-order valence-electron chi connectivity index (χ4n) is 2.40. The van der Waals surface area contributed by atoms with Crippen molar-refractivity contribution in [3.8, 4) is 5.75 Å². The van der Waals surface area contributed by atoms with E-state index in [0.717, 1.165) is 10.7 Å². The third-order valence-electron chi connectivity index (χ3n) is 3.39. The van der Waals surface area contributed by atoms with E-state index in [1.165, 1.54) is 13.2 Å². The SMILES string of the molecule is COc1ccccc1S(=O)(=O)N1CCCC[C@H]1C(=O)O. The van der Waals surface area contributed by atoms with Crippen LogP contribution >= 0.6 is 0 Å². The normalized spacial score (nSPS) is 20.6. The number of aliphatic carboxylic acids is 1. The summed E-state index contributed by atoms with van der Waals surface area (Å²) in [5, 5.41) is 9.21. The summed E-state index contributed by atoms with van der Waals surface area (Å²) in [6.45, 7) is 0.220. The summed E-state index contributed by atoms with van der Waals surface area (Å²) < 4.78 is 31.5. The highest BCUT2D eigenvalue weighted by Gasteiger charge is 2.38. The number of sulfonamides is 1. The molecule has 1 heterocycles. The van der Waals surface area contributed by atoms with Crippen LogP contribution in [-0.2, 0) is 14.8 Å². The fourth-order valence-corrected chi connectivity index (χ4v) is 4.21. The molecule has 6 nitrogen and oxygen atoms in total. The molecule has 20 heavy (non-hydrogen) atoms. The van der Waals surface area contributed by atoms with Gasteiger partial charge in [-0.05, 0) is 31.4 Å². The Balaban J connectivity index is 2.45. The van der Waals surface area contributed by atoms with Crippen molar-refractivity contribution in [2.75, 3.05) is 13.7 Å². The molecule has 1 aliphatic heterocycles. The maximum absolute atomic E-state index is 12.7. The molecule has 1 aromatic carbocycles. The van der Waals surface area contributed by atoms with Crippen LogP contribution in [0, 0.1) is 0 Å². The van der Waals surface area contributed by atoms with Gasteiger partial charge in [0.2, 0.25) is 10.0 Å². The molecule has 1 fully saturated rings. The van der Waals surface area contributed by atoms with Crippen LogP contribution in [0.3, 0.4) is 0 Å². The lowest BCUT2D eigenvalue weighted by atomic mass is 10.1. The van der Waals surface area contributed by atoms with Gasteiger partial charge in [0.05, 0.1) is 7.11 Å². The summed E-state index contributed by atoms with van der Waals surface area (Å²) in [5.74, 6) is -0.884. The van der Waals surface area contributed by atoms with E-state index >= 15 is 0 Å². The van der Waals surface area contributed by atoms with Gasteiger partial charge in [-0.1, -0.05) is 12.1 Å². The third-order valence-corrected chi connectivity index (χ3v) is 5.34. The van der Waals surface area contributed by atoms with Crippen LogP contribution < -0.4 is 4.74 Å². The number of methoxy groups -OCH3 is 1. The summed E-state index contributed by atoms with van der Waals surface area (Å²) in [4.78, 5) is 11.3. The zero-order valence-corrected chi connectivity index (χ0v) is 12.0. The van der Waals surface area contributed by atoms with Crippen molar-refractivity contribution in [2.24, 2.45) is 0 Å². The van der Waals surface area contributed by atoms with Crippen molar-refractivity contribution >= 4 is 16.0 Å². The van der Waals surface area contributed by atoms with E-state index < -0.39 is 22.0 Å². The third kappa shape index (κ3) is 2.64. The van der Waals surface area contributed by atoms with Gasteiger partial charge in [-0.15, -0.1) is 0 Å². The lowest BCUT2D eigenvalue weighted by Gasteiger charge is -2.32. The number of benzene rings is 1. The molecule has 0 aromatic heterocycles. The number of ether oxygens (including phenoxy) is 1. The van der Waals surface area contributed by atoms with Gasteiger partial charge in [0.1, 0.15) is 16.7 Å². The van der Waals surface area contributed by atoms with Gasteiger partial charge in [-0.2, -0.15) is 4.31 Å². The smallest absolute Gasteiger partial charge is 0.322 e. The Morgan fingerprint density at radius 1 is 1.35 bits per heavy atom. The molecule has 0 spiro atoms. The fraction of sp³-hybridized carbons (Fsp3) is 0.462. The minimum atomic E-state index is -3.87. The number of carboxylic acid groups (broad SMARTS) is 1. The number of piperidine rings is 1. The van der Waals surface area contributed by atoms with E-state index in [-0.39, 0.29) is 17.2 Å². The predicted octanol–water partition coefficient (Wildman–Crippen LogP) is 1.32. The minimum absolute atomic E-state index is 0.00986. The van der Waals surface area contributed by atoms with E-state index in [1.807, 2.05) is 0 Å². The Labute approximate surface area is 118 Å². The molecule has 1 aromatic rings. The summed E-state index contributed by atoms with van der Waals surface area (Å²) in [7, 11) is -2.48. The lowest BCUT2D eigenvalue weighted by molar-refractivity contribution is -0.142. The first-order chi connectivity index (χ1) is 9.48. The number of carbonyl (C=O) groups is 1. The molecule has 2 rings (SSSR count). The highest BCUT2D eigenvalue weighted by molar-refractivity contribution is 7.89. The molecule has 1 saturated heterocycles. The van der Waals surface area contributed by atoms with Gasteiger partial charge >= 0.3 is 5.97 Å². The number of hydrogen-bond donors (Lipinski definition) is 1. The topological polar surface area (TPSA) is 83.9 Å². The van der Waals surface area contributed by atoms with Gasteiger partial charge in [0, 0.05) is 6.54 Å². The molecular formula is C13H17NO5S. The van der Waals surface area contributed by atoms with Crippen molar-refractivity contribution < 1.29 is 23.1 Å². The van der Waals surface area contributed by atoms with Crippen LogP contribution in [0.5, 0.6) is 5.75 Å². The van der Waals surface area contributed by atoms with Gasteiger partial charge in [-0.3, -0.25) is 4.79 Å². The van der Waals surface area contributed by atoms with Crippen LogP contribution in [0.25, 0.3) is 0 Å². The molecule has 7 heteroatoms. The zero-order valence-electron chi connectivity index (χ0n) is 11.2. The van der Waals surface area contributed by atoms with Crippen molar-refractivity contribution in [1.29, 1.82) is 0 Å². The van der Waals surface area contributed by atoms with E-state index in [9.17, 15) is 18.3 Å². The Kier molecular flexibility index (Phi) is 4.29. The van der Waals surface area contributed by atoms with Crippen molar-refractivity contribution in [2.45, 2.75) is 30.2 Å². The van der Waals surface area contributed by atoms with Gasteiger partial charge < -0.3 is 9.84 Å². The maximum Gasteiger partial charge on any atom is 0.322 e. The number of para-hydroxylation sites is 1. The molecule has 1 N–H and O–H groups in total. The molecule has 0 saturated carbocycles. The largest absolute Gasteiger partial charge is 0.495 e. The quantitative estimate of drug-likeness (QED) is 0.906. The molecule has 0 amide bonds. The molecule has 0 aliphatic carbocycles. The second kappa shape index (κ2) is 5.80. The average molecular weight is 299 g/mol. The first-order valence-electron chi connectivity index (χ1n) is 6.36. The van der Waals surface area contributed by atoms with Crippen LogP contribution in [0.4, 0.5) is 0 Å². The highest BCUT2D eigenvalue weighted by atomic mass is 32.2. The van der Waals surface area contributed by atoms with Crippen molar-refractivity contribution in [3.05, 3.63) is 24.3 Å². The number of rotatable bonds is 4. The zero-order chi connectivity index (χ0) is 14.8. The Bertz CT molecular complexity index is 599. The lowest BCUT2D eigenvalue weighted by Crippen LogP contribution is -2.47. The Morgan fingerprint density at radius 3 is 2.70 bits per heavy atom. The highest BCUT2D eigenvalue weighted by Crippen LogP contribution is 2.30. The first-order valence-corrected chi connectivity index (χ1v) is 7.80. The summed E-state index contributed by atoms with van der Waals surface area (Å²) in [6.07, 6.45) is 1.72. The summed E-state index contributed by atoms with van der Waals surface area (Å²) in [6, 6.07) is 5.24. The van der Waals surface area contributed by atoms with Crippen LogP contribution in [-0.4, -0.2) is 43.5 Å². The second-order valence-electron chi connectivity index (χ2n) is 4.62. The standard InChI is InChI=1S/C13H17NO5S/c1-19-11-7-2-3-8-12(11)20(17,18)14-9-5-4-6-10(14)13(15)16/h2-3,7-8,10H,4-6,9H2,1H3,(H,15,16)/t10-/m0/s1. The minimum Gasteiger partial charge on any atom is -0.495 e. The van der Waals surface area contributed by atoms with Crippen LogP contribution in [0.1, 0.15) is 19.3 Å². The number of carboxylic acids is 1. The maximum atomic E-state index is 12.7. The van der Waals surface area contributed by atoms with E-state index in [0.29, 0.717) is 12.8 Å². The number of nitrogens with zero attached hydrogens (tertiary/aromatic N) is 1. The van der Waals surface area contributed by atoms with E-state index in [4.69, 9.17) is 4.74 Å². The molecule has 0 bridgehead atoms. The second-order valence-corrected chi connectivity index (χ2v) is 6.48. The Morgan fingerprint density at radius 2 is 2.05 bits per heavy atom. The molecule has 1 atom stereocenters. The summed E-state index contributed by atoms with van der Waals surface area (Å²) >= 11 is 0. The molecule has 0 radical (unpaired) electrons.